The predicted molar refractivity (Wildman–Crippen MR) is 61.4 cm³/mol. The van der Waals surface area contributed by atoms with E-state index < -0.39 is 5.97 Å². The summed E-state index contributed by atoms with van der Waals surface area (Å²) in [5.74, 6) is -0.562. The van der Waals surface area contributed by atoms with E-state index in [1.54, 1.807) is 0 Å². The second kappa shape index (κ2) is 3.37. The zero-order chi connectivity index (χ0) is 11.9. The maximum atomic E-state index is 10.9. The van der Waals surface area contributed by atoms with Crippen molar-refractivity contribution in [2.45, 2.75) is 26.3 Å². The summed E-state index contributed by atoms with van der Waals surface area (Å²) in [6, 6.07) is 1.73. The smallest absolute Gasteiger partial charge is 0.337 e. The molecule has 1 fully saturated rings. The number of hydrogen-bond acceptors (Lipinski definition) is 4. The summed E-state index contributed by atoms with van der Waals surface area (Å²) in [5.41, 5.74) is 6.29. The third-order valence-electron chi connectivity index (χ3n) is 3.04. The SMILES string of the molecule is CC1(C)CC1Nc1nccc(C(=O)O)c1N. The number of nitrogens with one attached hydrogen (secondary N) is 1. The Morgan fingerprint density at radius 1 is 1.69 bits per heavy atom. The Labute approximate surface area is 93.7 Å². The number of anilines is 2. The number of nitrogens with zero attached hydrogens (tertiary/aromatic N) is 1. The van der Waals surface area contributed by atoms with Crippen molar-refractivity contribution in [3.63, 3.8) is 0 Å². The lowest BCUT2D eigenvalue weighted by Gasteiger charge is -2.10. The van der Waals surface area contributed by atoms with Gasteiger partial charge in [-0.25, -0.2) is 9.78 Å². The highest BCUT2D eigenvalue weighted by atomic mass is 16.4. The van der Waals surface area contributed by atoms with Gasteiger partial charge in [-0.05, 0) is 17.9 Å². The Kier molecular flexibility index (Phi) is 2.26. The topological polar surface area (TPSA) is 88.2 Å². The minimum Gasteiger partial charge on any atom is -0.478 e. The van der Waals surface area contributed by atoms with Gasteiger partial charge in [-0.15, -0.1) is 0 Å². The standard InChI is InChI=1S/C11H15N3O2/c1-11(2)5-7(11)14-9-8(12)6(10(15)16)3-4-13-9/h3-4,7H,5,12H2,1-2H3,(H,13,14)(H,15,16). The molecular weight excluding hydrogens is 206 g/mol. The number of pyridine rings is 1. The van der Waals surface area contributed by atoms with Gasteiger partial charge in [-0.1, -0.05) is 13.8 Å². The highest BCUT2D eigenvalue weighted by molar-refractivity contribution is 5.96. The highest BCUT2D eigenvalue weighted by Crippen LogP contribution is 2.46. The van der Waals surface area contributed by atoms with Crippen LogP contribution in [0.3, 0.4) is 0 Å². The molecule has 2 rings (SSSR count). The van der Waals surface area contributed by atoms with Crippen LogP contribution in [0.15, 0.2) is 12.3 Å². The van der Waals surface area contributed by atoms with Gasteiger partial charge in [-0.3, -0.25) is 0 Å². The fraction of sp³-hybridized carbons (Fsp3) is 0.455. The van der Waals surface area contributed by atoms with Crippen LogP contribution in [0.25, 0.3) is 0 Å². The van der Waals surface area contributed by atoms with E-state index in [9.17, 15) is 4.79 Å². The molecule has 1 aliphatic rings. The van der Waals surface area contributed by atoms with Crippen LogP contribution in [-0.2, 0) is 0 Å². The molecule has 4 N–H and O–H groups in total. The summed E-state index contributed by atoms with van der Waals surface area (Å²) in [5, 5.41) is 12.1. The van der Waals surface area contributed by atoms with Gasteiger partial charge in [0, 0.05) is 12.2 Å². The maximum Gasteiger partial charge on any atom is 0.337 e. The van der Waals surface area contributed by atoms with Crippen molar-refractivity contribution in [1.29, 1.82) is 0 Å². The molecule has 0 amide bonds. The Morgan fingerprint density at radius 3 is 2.81 bits per heavy atom. The van der Waals surface area contributed by atoms with E-state index in [4.69, 9.17) is 10.8 Å². The first-order chi connectivity index (χ1) is 7.42. The molecule has 1 unspecified atom stereocenters. The number of carbonyl (C=O) groups is 1. The van der Waals surface area contributed by atoms with E-state index in [0.717, 1.165) is 6.42 Å². The van der Waals surface area contributed by atoms with Gasteiger partial charge in [0.25, 0.3) is 0 Å². The number of aromatic nitrogens is 1. The molecule has 1 heterocycles. The Hall–Kier alpha value is -1.78. The van der Waals surface area contributed by atoms with Crippen LogP contribution >= 0.6 is 0 Å². The molecule has 0 aliphatic heterocycles. The maximum absolute atomic E-state index is 10.9. The van der Waals surface area contributed by atoms with Crippen LogP contribution in [0.4, 0.5) is 11.5 Å². The second-order valence-corrected chi connectivity index (χ2v) is 4.82. The number of aromatic carboxylic acids is 1. The van der Waals surface area contributed by atoms with Gasteiger partial charge in [0.1, 0.15) is 5.82 Å². The molecule has 16 heavy (non-hydrogen) atoms. The Balaban J connectivity index is 2.22. The van der Waals surface area contributed by atoms with Crippen LogP contribution in [0.2, 0.25) is 0 Å². The van der Waals surface area contributed by atoms with Gasteiger partial charge in [-0.2, -0.15) is 0 Å². The van der Waals surface area contributed by atoms with Gasteiger partial charge < -0.3 is 16.2 Å². The molecule has 0 saturated heterocycles. The van der Waals surface area contributed by atoms with Crippen molar-refractivity contribution >= 4 is 17.5 Å². The average Bonchev–Trinajstić information content (AvgIpc) is 2.77. The van der Waals surface area contributed by atoms with Crippen LogP contribution in [0.1, 0.15) is 30.6 Å². The normalized spacial score (nSPS) is 21.5. The molecule has 0 bridgehead atoms. The van der Waals surface area contributed by atoms with Crippen molar-refractivity contribution in [2.75, 3.05) is 11.1 Å². The van der Waals surface area contributed by atoms with Crippen molar-refractivity contribution in [2.24, 2.45) is 5.41 Å². The molecule has 1 aromatic rings. The largest absolute Gasteiger partial charge is 0.478 e. The number of nitrogen functional groups attached to an aromatic ring is 1. The van der Waals surface area contributed by atoms with Gasteiger partial charge in [0.15, 0.2) is 0 Å². The molecular formula is C11H15N3O2. The van der Waals surface area contributed by atoms with Crippen LogP contribution in [0, 0.1) is 5.41 Å². The van der Waals surface area contributed by atoms with Gasteiger partial charge >= 0.3 is 5.97 Å². The average molecular weight is 221 g/mol. The summed E-state index contributed by atoms with van der Waals surface area (Å²) in [6.07, 6.45) is 2.50. The van der Waals surface area contributed by atoms with Crippen molar-refractivity contribution in [1.82, 2.24) is 4.98 Å². The first-order valence-corrected chi connectivity index (χ1v) is 5.16. The predicted octanol–water partition coefficient (Wildman–Crippen LogP) is 1.57. The minimum absolute atomic E-state index is 0.0935. The summed E-state index contributed by atoms with van der Waals surface area (Å²) >= 11 is 0. The van der Waals surface area contributed by atoms with E-state index in [0.29, 0.717) is 11.9 Å². The fourth-order valence-corrected chi connectivity index (χ4v) is 1.65. The summed E-state index contributed by atoms with van der Waals surface area (Å²) in [6.45, 7) is 4.28. The molecule has 0 radical (unpaired) electrons. The van der Waals surface area contributed by atoms with E-state index in [1.807, 2.05) is 0 Å². The lowest BCUT2D eigenvalue weighted by Crippen LogP contribution is -2.13. The molecule has 0 aromatic carbocycles. The molecule has 1 atom stereocenters. The first kappa shape index (κ1) is 10.7. The Bertz CT molecular complexity index is 443. The van der Waals surface area contributed by atoms with Crippen LogP contribution in [0.5, 0.6) is 0 Å². The van der Waals surface area contributed by atoms with Crippen molar-refractivity contribution in [3.8, 4) is 0 Å². The third-order valence-corrected chi connectivity index (χ3v) is 3.04. The Morgan fingerprint density at radius 2 is 2.31 bits per heavy atom. The molecule has 0 spiro atoms. The zero-order valence-electron chi connectivity index (χ0n) is 9.32. The molecule has 1 aromatic heterocycles. The van der Waals surface area contributed by atoms with E-state index in [-0.39, 0.29) is 16.7 Å². The van der Waals surface area contributed by atoms with E-state index in [2.05, 4.69) is 24.1 Å². The number of rotatable bonds is 3. The van der Waals surface area contributed by atoms with Crippen molar-refractivity contribution in [3.05, 3.63) is 17.8 Å². The summed E-state index contributed by atoms with van der Waals surface area (Å²) in [7, 11) is 0. The number of carboxylic acid groups (broad SMARTS) is 1. The van der Waals surface area contributed by atoms with E-state index >= 15 is 0 Å². The van der Waals surface area contributed by atoms with Gasteiger partial charge in [0.05, 0.1) is 11.3 Å². The highest BCUT2D eigenvalue weighted by Gasteiger charge is 2.46. The molecule has 5 heteroatoms. The summed E-state index contributed by atoms with van der Waals surface area (Å²) in [4.78, 5) is 14.9. The van der Waals surface area contributed by atoms with Gasteiger partial charge in [0.2, 0.25) is 0 Å². The molecule has 1 aliphatic carbocycles. The second-order valence-electron chi connectivity index (χ2n) is 4.82. The lowest BCUT2D eigenvalue weighted by atomic mass is 10.2. The fourth-order valence-electron chi connectivity index (χ4n) is 1.65. The first-order valence-electron chi connectivity index (χ1n) is 5.16. The zero-order valence-corrected chi connectivity index (χ0v) is 9.32. The number of nitrogens with two attached hydrogens (primary N) is 1. The molecule has 5 nitrogen and oxygen atoms in total. The summed E-state index contributed by atoms with van der Waals surface area (Å²) < 4.78 is 0. The molecule has 86 valence electrons. The van der Waals surface area contributed by atoms with Crippen molar-refractivity contribution < 1.29 is 9.90 Å². The van der Waals surface area contributed by atoms with Crippen LogP contribution in [-0.4, -0.2) is 22.1 Å². The molecule has 1 saturated carbocycles. The monoisotopic (exact) mass is 221 g/mol. The van der Waals surface area contributed by atoms with Crippen LogP contribution < -0.4 is 11.1 Å². The quantitative estimate of drug-likeness (QED) is 0.721. The minimum atomic E-state index is -1.03. The van der Waals surface area contributed by atoms with E-state index in [1.165, 1.54) is 12.3 Å². The number of carboxylic acids is 1. The number of hydrogen-bond donors (Lipinski definition) is 3. The third kappa shape index (κ3) is 1.80. The lowest BCUT2D eigenvalue weighted by molar-refractivity contribution is 0.0698.